The molecule has 5 nitrogen and oxygen atoms in total. The number of nitrogens with zero attached hydrogens (tertiary/aromatic N) is 1. The summed E-state index contributed by atoms with van der Waals surface area (Å²) < 4.78 is 9.88. The fraction of sp³-hybridized carbons (Fsp3) is 0.643. The van der Waals surface area contributed by atoms with Gasteiger partial charge in [0.1, 0.15) is 11.6 Å². The molecule has 0 aliphatic heterocycles. The molecule has 0 aromatic heterocycles. The van der Waals surface area contributed by atoms with Gasteiger partial charge >= 0.3 is 11.9 Å². The highest BCUT2D eigenvalue weighted by Gasteiger charge is 2.31. The van der Waals surface area contributed by atoms with Gasteiger partial charge < -0.3 is 9.47 Å². The van der Waals surface area contributed by atoms with Crippen LogP contribution in [0.4, 0.5) is 0 Å². The van der Waals surface area contributed by atoms with E-state index in [0.717, 1.165) is 12.8 Å². The quantitative estimate of drug-likeness (QED) is 0.442. The predicted octanol–water partition coefficient (Wildman–Crippen LogP) is 2.12. The summed E-state index contributed by atoms with van der Waals surface area (Å²) in [6, 6.07) is 1.88. The zero-order valence-electron chi connectivity index (χ0n) is 11.4. The van der Waals surface area contributed by atoms with Crippen LogP contribution in [-0.4, -0.2) is 25.2 Å². The number of ether oxygens (including phenoxy) is 2. The van der Waals surface area contributed by atoms with Crippen molar-refractivity contribution in [2.75, 3.05) is 13.2 Å². The highest BCUT2D eigenvalue weighted by atomic mass is 16.5. The van der Waals surface area contributed by atoms with E-state index in [4.69, 9.17) is 14.7 Å². The molecule has 0 spiro atoms. The van der Waals surface area contributed by atoms with Crippen molar-refractivity contribution in [3.8, 4) is 6.07 Å². The summed E-state index contributed by atoms with van der Waals surface area (Å²) in [6.07, 6.45) is 2.97. The van der Waals surface area contributed by atoms with Crippen LogP contribution >= 0.6 is 0 Å². The molecule has 0 bridgehead atoms. The monoisotopic (exact) mass is 265 g/mol. The lowest BCUT2D eigenvalue weighted by atomic mass is 9.81. The molecule has 1 unspecified atom stereocenters. The maximum absolute atomic E-state index is 11.9. The van der Waals surface area contributed by atoms with Crippen molar-refractivity contribution >= 4 is 11.9 Å². The van der Waals surface area contributed by atoms with Crippen molar-refractivity contribution in [3.63, 3.8) is 0 Å². The average molecular weight is 265 g/mol. The van der Waals surface area contributed by atoms with E-state index < -0.39 is 11.9 Å². The standard InChI is InChI=1S/C14H19NO4/c1-3-18-13(16)11-8-6-5-7-10(11)12(9-15)14(17)19-4-2/h11H,3-8H2,1-2H3/b12-10+. The summed E-state index contributed by atoms with van der Waals surface area (Å²) in [5, 5.41) is 9.14. The minimum Gasteiger partial charge on any atom is -0.466 e. The van der Waals surface area contributed by atoms with Crippen molar-refractivity contribution in [1.29, 1.82) is 5.26 Å². The van der Waals surface area contributed by atoms with Crippen LogP contribution < -0.4 is 0 Å². The van der Waals surface area contributed by atoms with E-state index in [1.54, 1.807) is 13.8 Å². The molecule has 1 aliphatic carbocycles. The molecule has 19 heavy (non-hydrogen) atoms. The third kappa shape index (κ3) is 3.82. The maximum atomic E-state index is 11.9. The summed E-state index contributed by atoms with van der Waals surface area (Å²) in [6.45, 7) is 3.92. The molecule has 0 amide bonds. The zero-order valence-corrected chi connectivity index (χ0v) is 11.4. The highest BCUT2D eigenvalue weighted by Crippen LogP contribution is 2.33. The molecule has 1 atom stereocenters. The van der Waals surface area contributed by atoms with Gasteiger partial charge in [-0.3, -0.25) is 4.79 Å². The van der Waals surface area contributed by atoms with Crippen LogP contribution in [0.3, 0.4) is 0 Å². The van der Waals surface area contributed by atoms with Gasteiger partial charge in [-0.15, -0.1) is 0 Å². The molecule has 1 saturated carbocycles. The van der Waals surface area contributed by atoms with Crippen LogP contribution in [0.1, 0.15) is 39.5 Å². The first-order valence-electron chi connectivity index (χ1n) is 6.62. The molecule has 104 valence electrons. The predicted molar refractivity (Wildman–Crippen MR) is 67.9 cm³/mol. The van der Waals surface area contributed by atoms with Crippen LogP contribution in [-0.2, 0) is 19.1 Å². The molecule has 0 saturated heterocycles. The molecule has 0 heterocycles. The topological polar surface area (TPSA) is 76.4 Å². The molecule has 5 heteroatoms. The Morgan fingerprint density at radius 1 is 1.26 bits per heavy atom. The smallest absolute Gasteiger partial charge is 0.348 e. The van der Waals surface area contributed by atoms with E-state index >= 15 is 0 Å². The minimum absolute atomic E-state index is 0.0281. The summed E-state index contributed by atoms with van der Waals surface area (Å²) in [5.74, 6) is -1.47. The second-order valence-electron chi connectivity index (χ2n) is 4.28. The number of hydrogen-bond acceptors (Lipinski definition) is 5. The Bertz CT molecular complexity index is 420. The molecular weight excluding hydrogens is 246 g/mol. The average Bonchev–Trinajstić information content (AvgIpc) is 2.41. The van der Waals surface area contributed by atoms with E-state index in [-0.39, 0.29) is 18.1 Å². The Morgan fingerprint density at radius 2 is 1.95 bits per heavy atom. The Morgan fingerprint density at radius 3 is 2.53 bits per heavy atom. The lowest BCUT2D eigenvalue weighted by molar-refractivity contribution is -0.147. The molecular formula is C14H19NO4. The molecule has 0 aromatic rings. The third-order valence-electron chi connectivity index (χ3n) is 3.09. The summed E-state index contributed by atoms with van der Waals surface area (Å²) in [7, 11) is 0. The Balaban J connectivity index is 3.05. The van der Waals surface area contributed by atoms with Crippen LogP contribution in [0.25, 0.3) is 0 Å². The minimum atomic E-state index is -0.642. The third-order valence-corrected chi connectivity index (χ3v) is 3.09. The van der Waals surface area contributed by atoms with Gasteiger partial charge in [-0.05, 0) is 38.7 Å². The maximum Gasteiger partial charge on any atom is 0.348 e. The van der Waals surface area contributed by atoms with E-state index in [0.29, 0.717) is 25.0 Å². The van der Waals surface area contributed by atoms with Crippen molar-refractivity contribution in [2.24, 2.45) is 5.92 Å². The van der Waals surface area contributed by atoms with Crippen LogP contribution in [0.2, 0.25) is 0 Å². The fourth-order valence-corrected chi connectivity index (χ4v) is 2.27. The van der Waals surface area contributed by atoms with Crippen molar-refractivity contribution in [2.45, 2.75) is 39.5 Å². The number of nitriles is 1. The second-order valence-corrected chi connectivity index (χ2v) is 4.28. The summed E-state index contributed by atoms with van der Waals surface area (Å²) in [5.41, 5.74) is 0.547. The number of hydrogen-bond donors (Lipinski definition) is 0. The number of carbonyl (C=O) groups excluding carboxylic acids is 2. The first kappa shape index (κ1) is 15.2. The van der Waals surface area contributed by atoms with Gasteiger partial charge in [0.2, 0.25) is 0 Å². The Kier molecular flexibility index (Phi) is 6.07. The zero-order chi connectivity index (χ0) is 14.3. The first-order chi connectivity index (χ1) is 9.15. The normalized spacial score (nSPS) is 21.2. The van der Waals surface area contributed by atoms with Gasteiger partial charge in [0.25, 0.3) is 0 Å². The van der Waals surface area contributed by atoms with Gasteiger partial charge in [0.15, 0.2) is 0 Å². The summed E-state index contributed by atoms with van der Waals surface area (Å²) in [4.78, 5) is 23.6. The van der Waals surface area contributed by atoms with Crippen molar-refractivity contribution in [1.82, 2.24) is 0 Å². The lowest BCUT2D eigenvalue weighted by Crippen LogP contribution is -2.25. The number of rotatable bonds is 4. The van der Waals surface area contributed by atoms with E-state index in [9.17, 15) is 9.59 Å². The molecule has 0 aromatic carbocycles. The Hall–Kier alpha value is -1.83. The molecule has 1 aliphatic rings. The molecule has 0 N–H and O–H groups in total. The first-order valence-corrected chi connectivity index (χ1v) is 6.62. The fourth-order valence-electron chi connectivity index (χ4n) is 2.27. The Labute approximate surface area is 113 Å². The van der Waals surface area contributed by atoms with Gasteiger partial charge in [0, 0.05) is 0 Å². The lowest BCUT2D eigenvalue weighted by Gasteiger charge is -2.24. The van der Waals surface area contributed by atoms with Crippen LogP contribution in [0.5, 0.6) is 0 Å². The molecule has 0 radical (unpaired) electrons. The van der Waals surface area contributed by atoms with E-state index in [2.05, 4.69) is 0 Å². The van der Waals surface area contributed by atoms with Gasteiger partial charge in [0.05, 0.1) is 19.1 Å². The van der Waals surface area contributed by atoms with Crippen molar-refractivity contribution < 1.29 is 19.1 Å². The van der Waals surface area contributed by atoms with Crippen molar-refractivity contribution in [3.05, 3.63) is 11.1 Å². The van der Waals surface area contributed by atoms with Gasteiger partial charge in [-0.1, -0.05) is 6.42 Å². The van der Waals surface area contributed by atoms with E-state index in [1.165, 1.54) is 0 Å². The van der Waals surface area contributed by atoms with Gasteiger partial charge in [-0.2, -0.15) is 5.26 Å². The second kappa shape index (κ2) is 7.57. The SMILES string of the molecule is CCOC(=O)/C(C#N)=C1\CCCCC1C(=O)OCC. The summed E-state index contributed by atoms with van der Waals surface area (Å²) >= 11 is 0. The highest BCUT2D eigenvalue weighted by molar-refractivity contribution is 5.95. The molecule has 1 fully saturated rings. The van der Waals surface area contributed by atoms with Gasteiger partial charge in [-0.25, -0.2) is 4.79 Å². The molecule has 1 rings (SSSR count). The number of carbonyl (C=O) groups is 2. The van der Waals surface area contributed by atoms with Crippen LogP contribution in [0, 0.1) is 17.2 Å². The van der Waals surface area contributed by atoms with Crippen LogP contribution in [0.15, 0.2) is 11.1 Å². The number of esters is 2. The largest absolute Gasteiger partial charge is 0.466 e. The van der Waals surface area contributed by atoms with E-state index in [1.807, 2.05) is 6.07 Å².